The van der Waals surface area contributed by atoms with Crippen molar-refractivity contribution in [2.24, 2.45) is 0 Å². The summed E-state index contributed by atoms with van der Waals surface area (Å²) in [6, 6.07) is 9.35. The van der Waals surface area contributed by atoms with E-state index in [0.29, 0.717) is 22.4 Å². The summed E-state index contributed by atoms with van der Waals surface area (Å²) in [5.74, 6) is 0.627. The van der Waals surface area contributed by atoms with Gasteiger partial charge in [-0.1, -0.05) is 29.3 Å². The zero-order chi connectivity index (χ0) is 12.8. The third-order valence-electron chi connectivity index (χ3n) is 2.31. The van der Waals surface area contributed by atoms with Crippen molar-refractivity contribution in [1.29, 1.82) is 0 Å². The minimum Gasteiger partial charge on any atom is -0.491 e. The number of hydrogen-bond donors (Lipinski definition) is 1. The molecule has 96 valence electrons. The molecule has 2 rings (SSSR count). The fourth-order valence-corrected chi connectivity index (χ4v) is 2.45. The van der Waals surface area contributed by atoms with E-state index in [9.17, 15) is 0 Å². The smallest absolute Gasteiger partial charge is 0.139 e. The highest BCUT2D eigenvalue weighted by Gasteiger charge is 2.02. The van der Waals surface area contributed by atoms with Crippen LogP contribution in [0.15, 0.2) is 35.7 Å². The fraction of sp³-hybridized carbons (Fsp3) is 0.231. The summed E-state index contributed by atoms with van der Waals surface area (Å²) in [5.41, 5.74) is 0. The second-order valence-corrected chi connectivity index (χ2v) is 5.56. The van der Waals surface area contributed by atoms with Gasteiger partial charge in [-0.05, 0) is 23.6 Å². The molecule has 18 heavy (non-hydrogen) atoms. The van der Waals surface area contributed by atoms with Gasteiger partial charge in [0.2, 0.25) is 0 Å². The maximum atomic E-state index is 5.99. The summed E-state index contributed by atoms with van der Waals surface area (Å²) in [6.45, 7) is 2.19. The average Bonchev–Trinajstić information content (AvgIpc) is 2.86. The highest BCUT2D eigenvalue weighted by atomic mass is 35.5. The Morgan fingerprint density at radius 1 is 1.22 bits per heavy atom. The van der Waals surface area contributed by atoms with Crippen molar-refractivity contribution in [3.05, 3.63) is 50.6 Å². The molecule has 5 heteroatoms. The van der Waals surface area contributed by atoms with Crippen molar-refractivity contribution in [3.8, 4) is 5.75 Å². The zero-order valence-corrected chi connectivity index (χ0v) is 12.0. The van der Waals surface area contributed by atoms with Gasteiger partial charge in [-0.25, -0.2) is 0 Å². The summed E-state index contributed by atoms with van der Waals surface area (Å²) >= 11 is 13.6. The van der Waals surface area contributed by atoms with E-state index in [0.717, 1.165) is 13.1 Å². The van der Waals surface area contributed by atoms with Gasteiger partial charge in [0.15, 0.2) is 0 Å². The summed E-state index contributed by atoms with van der Waals surface area (Å²) < 4.78 is 5.56. The van der Waals surface area contributed by atoms with Gasteiger partial charge in [-0.3, -0.25) is 0 Å². The number of hydrogen-bond acceptors (Lipinski definition) is 3. The average molecular weight is 302 g/mol. The first-order chi connectivity index (χ1) is 8.75. The van der Waals surface area contributed by atoms with E-state index in [-0.39, 0.29) is 0 Å². The Hall–Kier alpha value is -0.740. The Bertz CT molecular complexity index is 488. The molecule has 0 aliphatic carbocycles. The molecule has 0 radical (unpaired) electrons. The lowest BCUT2D eigenvalue weighted by Crippen LogP contribution is -2.20. The van der Waals surface area contributed by atoms with Crippen LogP contribution in [0.4, 0.5) is 0 Å². The topological polar surface area (TPSA) is 21.3 Å². The molecule has 0 saturated heterocycles. The van der Waals surface area contributed by atoms with Crippen LogP contribution in [-0.4, -0.2) is 13.2 Å². The molecule has 0 unspecified atom stereocenters. The van der Waals surface area contributed by atoms with E-state index in [1.54, 1.807) is 29.5 Å². The molecule has 1 aromatic carbocycles. The molecular weight excluding hydrogens is 289 g/mol. The molecule has 0 atom stereocenters. The molecule has 0 aliphatic rings. The normalized spacial score (nSPS) is 10.6. The van der Waals surface area contributed by atoms with E-state index < -0.39 is 0 Å². The van der Waals surface area contributed by atoms with Gasteiger partial charge in [0, 0.05) is 29.1 Å². The SMILES string of the molecule is Clc1ccc(Cl)c(OCCNCc2cccs2)c1. The monoisotopic (exact) mass is 301 g/mol. The largest absolute Gasteiger partial charge is 0.491 e. The van der Waals surface area contributed by atoms with Crippen LogP contribution in [-0.2, 0) is 6.54 Å². The van der Waals surface area contributed by atoms with Gasteiger partial charge in [-0.15, -0.1) is 11.3 Å². The number of thiophene rings is 1. The van der Waals surface area contributed by atoms with Crippen LogP contribution in [0.5, 0.6) is 5.75 Å². The van der Waals surface area contributed by atoms with Crippen LogP contribution < -0.4 is 10.1 Å². The lowest BCUT2D eigenvalue weighted by Gasteiger charge is -2.08. The molecule has 0 amide bonds. The molecule has 1 N–H and O–H groups in total. The van der Waals surface area contributed by atoms with Crippen LogP contribution in [0.3, 0.4) is 0 Å². The van der Waals surface area contributed by atoms with Crippen molar-refractivity contribution in [3.63, 3.8) is 0 Å². The third kappa shape index (κ3) is 4.18. The number of nitrogens with one attached hydrogen (secondary N) is 1. The van der Waals surface area contributed by atoms with Crippen molar-refractivity contribution in [2.75, 3.05) is 13.2 Å². The molecular formula is C13H13Cl2NOS. The van der Waals surface area contributed by atoms with E-state index in [1.165, 1.54) is 4.88 Å². The predicted octanol–water partition coefficient (Wildman–Crippen LogP) is 4.22. The van der Waals surface area contributed by atoms with E-state index in [1.807, 2.05) is 6.07 Å². The van der Waals surface area contributed by atoms with Gasteiger partial charge in [0.25, 0.3) is 0 Å². The van der Waals surface area contributed by atoms with Gasteiger partial charge < -0.3 is 10.1 Å². The second kappa shape index (κ2) is 7.00. The third-order valence-corrected chi connectivity index (χ3v) is 3.73. The molecule has 0 bridgehead atoms. The van der Waals surface area contributed by atoms with E-state index in [2.05, 4.69) is 16.8 Å². The van der Waals surface area contributed by atoms with Crippen LogP contribution in [0.2, 0.25) is 10.0 Å². The maximum absolute atomic E-state index is 5.99. The van der Waals surface area contributed by atoms with Crippen molar-refractivity contribution in [1.82, 2.24) is 5.32 Å². The molecule has 1 aromatic heterocycles. The molecule has 2 nitrogen and oxygen atoms in total. The fourth-order valence-electron chi connectivity index (χ4n) is 1.45. The zero-order valence-electron chi connectivity index (χ0n) is 9.66. The van der Waals surface area contributed by atoms with E-state index in [4.69, 9.17) is 27.9 Å². The number of ether oxygens (including phenoxy) is 1. The summed E-state index contributed by atoms with van der Waals surface area (Å²) in [6.07, 6.45) is 0. The number of halogens is 2. The standard InChI is InChI=1S/C13H13Cl2NOS/c14-10-3-4-12(15)13(8-10)17-6-5-16-9-11-2-1-7-18-11/h1-4,7-8,16H,5-6,9H2. The van der Waals surface area contributed by atoms with Crippen molar-refractivity contribution >= 4 is 34.5 Å². The van der Waals surface area contributed by atoms with E-state index >= 15 is 0 Å². The van der Waals surface area contributed by atoms with Gasteiger partial charge in [0.1, 0.15) is 12.4 Å². The van der Waals surface area contributed by atoms with Gasteiger partial charge in [0.05, 0.1) is 5.02 Å². The molecule has 2 aromatic rings. The summed E-state index contributed by atoms with van der Waals surface area (Å²) in [7, 11) is 0. The highest BCUT2D eigenvalue weighted by molar-refractivity contribution is 7.09. The van der Waals surface area contributed by atoms with Crippen LogP contribution in [0.1, 0.15) is 4.88 Å². The second-order valence-electron chi connectivity index (χ2n) is 3.68. The number of benzene rings is 1. The molecule has 0 saturated carbocycles. The highest BCUT2D eigenvalue weighted by Crippen LogP contribution is 2.27. The minimum atomic E-state index is 0.561. The molecule has 0 aliphatic heterocycles. The Labute approximate surface area is 120 Å². The molecule has 1 heterocycles. The Morgan fingerprint density at radius 2 is 2.11 bits per heavy atom. The van der Waals surface area contributed by atoms with Crippen molar-refractivity contribution < 1.29 is 4.74 Å². The Balaban J connectivity index is 1.70. The first-order valence-corrected chi connectivity index (χ1v) is 7.20. The number of rotatable bonds is 6. The Morgan fingerprint density at radius 3 is 2.89 bits per heavy atom. The van der Waals surface area contributed by atoms with Gasteiger partial charge >= 0.3 is 0 Å². The van der Waals surface area contributed by atoms with Crippen LogP contribution in [0.25, 0.3) is 0 Å². The Kier molecular flexibility index (Phi) is 5.32. The lowest BCUT2D eigenvalue weighted by atomic mass is 10.3. The summed E-state index contributed by atoms with van der Waals surface area (Å²) in [5, 5.41) is 6.58. The predicted molar refractivity (Wildman–Crippen MR) is 78.0 cm³/mol. The quantitative estimate of drug-likeness (QED) is 0.807. The van der Waals surface area contributed by atoms with Gasteiger partial charge in [-0.2, -0.15) is 0 Å². The minimum absolute atomic E-state index is 0.561. The van der Waals surface area contributed by atoms with Crippen LogP contribution in [0, 0.1) is 0 Å². The summed E-state index contributed by atoms with van der Waals surface area (Å²) in [4.78, 5) is 1.32. The lowest BCUT2D eigenvalue weighted by molar-refractivity contribution is 0.314. The van der Waals surface area contributed by atoms with Crippen molar-refractivity contribution in [2.45, 2.75) is 6.54 Å². The first kappa shape index (κ1) is 13.7. The molecule has 0 fully saturated rings. The van der Waals surface area contributed by atoms with Crippen LogP contribution >= 0.6 is 34.5 Å². The maximum Gasteiger partial charge on any atom is 0.139 e. The first-order valence-electron chi connectivity index (χ1n) is 5.56. The molecule has 0 spiro atoms.